The van der Waals surface area contributed by atoms with Crippen LogP contribution in [0.5, 0.6) is 0 Å². The minimum Gasteiger partial charge on any atom is -0.444 e. The molecule has 0 N–H and O–H groups in total. The van der Waals surface area contributed by atoms with Crippen LogP contribution in [0.15, 0.2) is 23.5 Å². The maximum absolute atomic E-state index is 12.0. The van der Waals surface area contributed by atoms with Gasteiger partial charge in [-0.25, -0.2) is 4.79 Å². The van der Waals surface area contributed by atoms with Gasteiger partial charge < -0.3 is 14.2 Å². The average molecular weight is 268 g/mol. The van der Waals surface area contributed by atoms with Crippen molar-refractivity contribution >= 4 is 23.3 Å². The number of thiophene rings is 1. The number of carbonyl (C=O) groups is 2. The fourth-order valence-corrected chi connectivity index (χ4v) is 2.55. The van der Waals surface area contributed by atoms with E-state index in [1.54, 1.807) is 6.92 Å². The third-order valence-electron chi connectivity index (χ3n) is 2.58. The third-order valence-corrected chi connectivity index (χ3v) is 3.83. The second-order valence-electron chi connectivity index (χ2n) is 4.01. The maximum atomic E-state index is 12.0. The molecule has 1 aromatic rings. The van der Waals surface area contributed by atoms with E-state index in [9.17, 15) is 9.59 Å². The summed E-state index contributed by atoms with van der Waals surface area (Å²) in [5.41, 5.74) is -0.0718. The van der Waals surface area contributed by atoms with Crippen LogP contribution in [0.25, 0.3) is 0 Å². The highest BCUT2D eigenvalue weighted by molar-refractivity contribution is 7.10. The number of aryl methyl sites for hydroxylation is 1. The van der Waals surface area contributed by atoms with Crippen LogP contribution in [-0.2, 0) is 24.6 Å². The summed E-state index contributed by atoms with van der Waals surface area (Å²) in [6.45, 7) is 3.58. The van der Waals surface area contributed by atoms with E-state index in [0.717, 1.165) is 16.5 Å². The first-order valence-electron chi connectivity index (χ1n) is 5.22. The molecular weight excluding hydrogens is 256 g/mol. The Labute approximate surface area is 108 Å². The Kier molecular flexibility index (Phi) is 3.13. The molecule has 0 radical (unpaired) electrons. The van der Waals surface area contributed by atoms with Crippen molar-refractivity contribution in [3.8, 4) is 0 Å². The standard InChI is InChI=1S/C12H12O5S/c1-7-4-9(18-6-7)12(2)8(13)5-10(17-12)16-11(14)15-3/h4-6H,1-3H3. The van der Waals surface area contributed by atoms with Crippen LogP contribution >= 0.6 is 11.3 Å². The molecule has 0 bridgehead atoms. The number of hydrogen-bond acceptors (Lipinski definition) is 6. The van der Waals surface area contributed by atoms with Gasteiger partial charge in [-0.1, -0.05) is 0 Å². The van der Waals surface area contributed by atoms with Crippen molar-refractivity contribution in [2.75, 3.05) is 7.11 Å². The molecule has 0 aromatic carbocycles. The molecule has 1 aromatic heterocycles. The Morgan fingerprint density at radius 3 is 2.78 bits per heavy atom. The van der Waals surface area contributed by atoms with E-state index < -0.39 is 11.8 Å². The molecular formula is C12H12O5S. The highest BCUT2D eigenvalue weighted by Gasteiger charge is 2.44. The van der Waals surface area contributed by atoms with Crippen molar-refractivity contribution in [1.29, 1.82) is 0 Å². The number of methoxy groups -OCH3 is 1. The molecule has 1 unspecified atom stereocenters. The second-order valence-corrected chi connectivity index (χ2v) is 4.92. The maximum Gasteiger partial charge on any atom is 0.516 e. The third kappa shape index (κ3) is 2.11. The van der Waals surface area contributed by atoms with Gasteiger partial charge >= 0.3 is 6.16 Å². The molecule has 0 fully saturated rings. The van der Waals surface area contributed by atoms with Crippen LogP contribution in [0.2, 0.25) is 0 Å². The number of hydrogen-bond donors (Lipinski definition) is 0. The molecule has 1 aliphatic heterocycles. The molecule has 96 valence electrons. The number of ether oxygens (including phenoxy) is 3. The van der Waals surface area contributed by atoms with Crippen molar-refractivity contribution in [3.05, 3.63) is 33.9 Å². The van der Waals surface area contributed by atoms with Crippen molar-refractivity contribution in [2.24, 2.45) is 0 Å². The van der Waals surface area contributed by atoms with Crippen LogP contribution in [-0.4, -0.2) is 19.0 Å². The zero-order valence-electron chi connectivity index (χ0n) is 10.2. The predicted molar refractivity (Wildman–Crippen MR) is 64.1 cm³/mol. The summed E-state index contributed by atoms with van der Waals surface area (Å²) in [6.07, 6.45) is 0.243. The molecule has 0 aliphatic carbocycles. The Morgan fingerprint density at radius 1 is 1.50 bits per heavy atom. The minimum atomic E-state index is -1.12. The summed E-state index contributed by atoms with van der Waals surface area (Å²) in [6, 6.07) is 1.87. The number of carbonyl (C=O) groups excluding carboxylic acids is 2. The SMILES string of the molecule is COC(=O)OC1=CC(=O)C(C)(c2cc(C)cs2)O1. The average Bonchev–Trinajstić information content (AvgIpc) is 2.85. The van der Waals surface area contributed by atoms with Crippen molar-refractivity contribution in [3.63, 3.8) is 0 Å². The number of rotatable bonds is 2. The van der Waals surface area contributed by atoms with Gasteiger partial charge in [-0.2, -0.15) is 0 Å². The van der Waals surface area contributed by atoms with Gasteiger partial charge in [0.25, 0.3) is 5.95 Å². The molecule has 1 aliphatic rings. The van der Waals surface area contributed by atoms with Gasteiger partial charge in [0.2, 0.25) is 11.4 Å². The summed E-state index contributed by atoms with van der Waals surface area (Å²) in [4.78, 5) is 23.7. The summed E-state index contributed by atoms with van der Waals surface area (Å²) in [5, 5.41) is 1.93. The predicted octanol–water partition coefficient (Wildman–Crippen LogP) is 2.50. The second kappa shape index (κ2) is 4.45. The fourth-order valence-electron chi connectivity index (χ4n) is 1.55. The fraction of sp³-hybridized carbons (Fsp3) is 0.333. The van der Waals surface area contributed by atoms with Crippen LogP contribution in [0.4, 0.5) is 4.79 Å². The van der Waals surface area contributed by atoms with Gasteiger partial charge in [0.15, 0.2) is 0 Å². The smallest absolute Gasteiger partial charge is 0.444 e. The molecule has 0 spiro atoms. The Hall–Kier alpha value is -1.82. The first kappa shape index (κ1) is 12.6. The lowest BCUT2D eigenvalue weighted by molar-refractivity contribution is -0.132. The highest BCUT2D eigenvalue weighted by Crippen LogP contribution is 2.38. The molecule has 0 amide bonds. The molecule has 6 heteroatoms. The first-order valence-corrected chi connectivity index (χ1v) is 6.10. The van der Waals surface area contributed by atoms with Crippen molar-refractivity contribution in [1.82, 2.24) is 0 Å². The molecule has 18 heavy (non-hydrogen) atoms. The minimum absolute atomic E-state index is 0.139. The van der Waals surface area contributed by atoms with Crippen LogP contribution in [0.3, 0.4) is 0 Å². The zero-order valence-corrected chi connectivity index (χ0v) is 11.0. The number of ketones is 1. The van der Waals surface area contributed by atoms with E-state index in [2.05, 4.69) is 4.74 Å². The molecule has 2 heterocycles. The van der Waals surface area contributed by atoms with Gasteiger partial charge in [0.1, 0.15) is 0 Å². The van der Waals surface area contributed by atoms with Gasteiger partial charge in [-0.05, 0) is 30.9 Å². The van der Waals surface area contributed by atoms with Crippen LogP contribution in [0.1, 0.15) is 17.4 Å². The molecule has 2 rings (SSSR count). The van der Waals surface area contributed by atoms with Gasteiger partial charge in [0, 0.05) is 0 Å². The lowest BCUT2D eigenvalue weighted by atomic mass is 10.00. The molecule has 0 saturated carbocycles. The van der Waals surface area contributed by atoms with Crippen LogP contribution in [0, 0.1) is 6.92 Å². The summed E-state index contributed by atoms with van der Waals surface area (Å²) in [5.74, 6) is -0.399. The van der Waals surface area contributed by atoms with Crippen molar-refractivity contribution < 1.29 is 23.8 Å². The Balaban J connectivity index is 2.19. The summed E-state index contributed by atoms with van der Waals surface area (Å²) < 4.78 is 14.5. The molecule has 1 atom stereocenters. The van der Waals surface area contributed by atoms with Crippen LogP contribution < -0.4 is 0 Å². The van der Waals surface area contributed by atoms with E-state index in [-0.39, 0.29) is 11.7 Å². The highest BCUT2D eigenvalue weighted by atomic mass is 32.1. The Morgan fingerprint density at radius 2 is 2.22 bits per heavy atom. The summed E-state index contributed by atoms with van der Waals surface area (Å²) >= 11 is 1.43. The molecule has 5 nitrogen and oxygen atoms in total. The van der Waals surface area contributed by atoms with Gasteiger partial charge in [0.05, 0.1) is 18.1 Å². The van der Waals surface area contributed by atoms with E-state index >= 15 is 0 Å². The van der Waals surface area contributed by atoms with E-state index in [4.69, 9.17) is 9.47 Å². The lowest BCUT2D eigenvalue weighted by Crippen LogP contribution is -2.28. The Bertz CT molecular complexity index is 530. The normalized spacial score (nSPS) is 22.4. The molecule has 0 saturated heterocycles. The largest absolute Gasteiger partial charge is 0.516 e. The lowest BCUT2D eigenvalue weighted by Gasteiger charge is -2.21. The van der Waals surface area contributed by atoms with E-state index in [0.29, 0.717) is 0 Å². The van der Waals surface area contributed by atoms with E-state index in [1.807, 2.05) is 18.4 Å². The zero-order chi connectivity index (χ0) is 13.3. The van der Waals surface area contributed by atoms with E-state index in [1.165, 1.54) is 18.4 Å². The first-order chi connectivity index (χ1) is 8.45. The van der Waals surface area contributed by atoms with Gasteiger partial charge in [-0.3, -0.25) is 4.79 Å². The van der Waals surface area contributed by atoms with Crippen molar-refractivity contribution in [2.45, 2.75) is 19.4 Å². The van der Waals surface area contributed by atoms with Gasteiger partial charge in [-0.15, -0.1) is 11.3 Å². The quantitative estimate of drug-likeness (QED) is 0.771. The topological polar surface area (TPSA) is 61.8 Å². The monoisotopic (exact) mass is 268 g/mol. The summed E-state index contributed by atoms with van der Waals surface area (Å²) in [7, 11) is 1.18.